The summed E-state index contributed by atoms with van der Waals surface area (Å²) < 4.78 is 5.76. The Labute approximate surface area is 171 Å². The van der Waals surface area contributed by atoms with E-state index in [-0.39, 0.29) is 0 Å². The molecule has 0 radical (unpaired) electrons. The molecule has 0 amide bonds. The predicted octanol–water partition coefficient (Wildman–Crippen LogP) is 6.72. The zero-order valence-electron chi connectivity index (χ0n) is 16.5. The summed E-state index contributed by atoms with van der Waals surface area (Å²) in [6.45, 7) is 2.88. The second-order valence-electron chi connectivity index (χ2n) is 7.12. The van der Waals surface area contributed by atoms with E-state index in [2.05, 4.69) is 90.7 Å². The van der Waals surface area contributed by atoms with Crippen molar-refractivity contribution in [3.05, 3.63) is 78.9 Å². The number of hydrogen-bond donors (Lipinski definition) is 0. The molecule has 1 saturated heterocycles. The number of hydrogen-bond acceptors (Lipinski definition) is 2. The van der Waals surface area contributed by atoms with Crippen LogP contribution in [-0.2, 0) is 10.9 Å². The maximum Gasteiger partial charge on any atom is 0.155 e. The molecule has 0 aliphatic carbocycles. The predicted molar refractivity (Wildman–Crippen MR) is 122 cm³/mol. The van der Waals surface area contributed by atoms with Crippen molar-refractivity contribution in [2.24, 2.45) is 0 Å². The van der Waals surface area contributed by atoms with Gasteiger partial charge in [0.25, 0.3) is 0 Å². The largest absolute Gasteiger partial charge is 0.494 e. The van der Waals surface area contributed by atoms with Gasteiger partial charge in [0, 0.05) is 28.0 Å². The van der Waals surface area contributed by atoms with Gasteiger partial charge in [0.05, 0.1) is 6.61 Å². The zero-order valence-corrected chi connectivity index (χ0v) is 17.3. The van der Waals surface area contributed by atoms with E-state index in [0.717, 1.165) is 24.5 Å². The van der Waals surface area contributed by atoms with Gasteiger partial charge < -0.3 is 9.64 Å². The van der Waals surface area contributed by atoms with E-state index in [1.807, 2.05) is 0 Å². The molecule has 2 nitrogen and oxygen atoms in total. The van der Waals surface area contributed by atoms with Gasteiger partial charge in [0.1, 0.15) is 17.3 Å². The summed E-state index contributed by atoms with van der Waals surface area (Å²) >= 11 is 0. The van der Waals surface area contributed by atoms with Crippen LogP contribution in [0.15, 0.2) is 83.8 Å². The molecular weight excluding hydrogens is 362 g/mol. The van der Waals surface area contributed by atoms with E-state index >= 15 is 0 Å². The molecule has 3 heteroatoms. The number of nitrogens with zero attached hydrogens (tertiary/aromatic N) is 1. The molecule has 0 atom stereocenters. The van der Waals surface area contributed by atoms with Gasteiger partial charge in [-0.3, -0.25) is 0 Å². The van der Waals surface area contributed by atoms with Crippen LogP contribution in [0.2, 0.25) is 0 Å². The molecule has 0 aromatic heterocycles. The lowest BCUT2D eigenvalue weighted by Crippen LogP contribution is -2.10. The van der Waals surface area contributed by atoms with Gasteiger partial charge in [0.15, 0.2) is 4.90 Å². The highest BCUT2D eigenvalue weighted by atomic mass is 32.2. The molecule has 3 aromatic rings. The van der Waals surface area contributed by atoms with Crippen LogP contribution in [0.3, 0.4) is 0 Å². The van der Waals surface area contributed by atoms with Crippen molar-refractivity contribution in [2.45, 2.75) is 31.1 Å². The van der Waals surface area contributed by atoms with Gasteiger partial charge in [-0.25, -0.2) is 0 Å². The molecule has 28 heavy (non-hydrogen) atoms. The van der Waals surface area contributed by atoms with Crippen molar-refractivity contribution in [2.75, 3.05) is 23.0 Å². The van der Waals surface area contributed by atoms with E-state index < -0.39 is 0 Å². The molecule has 4 rings (SSSR count). The van der Waals surface area contributed by atoms with Crippen molar-refractivity contribution < 1.29 is 4.74 Å². The Hall–Kier alpha value is -2.39. The Kier molecular flexibility index (Phi) is 6.23. The monoisotopic (exact) mass is 390 g/mol. The van der Waals surface area contributed by atoms with E-state index in [4.69, 9.17) is 4.74 Å². The van der Waals surface area contributed by atoms with Crippen LogP contribution in [0.4, 0.5) is 17.1 Å². The number of anilines is 3. The van der Waals surface area contributed by atoms with E-state index in [1.54, 1.807) is 0 Å². The molecular formula is C25H28NOS+. The number of benzene rings is 3. The SMILES string of the molecule is CCCOc1ccc(N(c2ccccc2)c2ccc([S+]3CCCC3)cc2)cc1. The fraction of sp³-hybridized carbons (Fsp3) is 0.280. The summed E-state index contributed by atoms with van der Waals surface area (Å²) in [6.07, 6.45) is 3.78. The van der Waals surface area contributed by atoms with Crippen LogP contribution < -0.4 is 9.64 Å². The Morgan fingerprint density at radius 3 is 1.93 bits per heavy atom. The van der Waals surface area contributed by atoms with Crippen LogP contribution in [0, 0.1) is 0 Å². The van der Waals surface area contributed by atoms with Crippen molar-refractivity contribution in [3.63, 3.8) is 0 Å². The second kappa shape index (κ2) is 9.20. The Morgan fingerprint density at radius 1 is 0.750 bits per heavy atom. The fourth-order valence-corrected chi connectivity index (χ4v) is 5.92. The van der Waals surface area contributed by atoms with Crippen LogP contribution in [0.5, 0.6) is 5.75 Å². The first-order valence-electron chi connectivity index (χ1n) is 10.2. The van der Waals surface area contributed by atoms with Crippen LogP contribution >= 0.6 is 0 Å². The highest BCUT2D eigenvalue weighted by Crippen LogP contribution is 2.36. The lowest BCUT2D eigenvalue weighted by molar-refractivity contribution is 0.317. The van der Waals surface area contributed by atoms with Crippen molar-refractivity contribution in [1.29, 1.82) is 0 Å². The third-order valence-corrected chi connectivity index (χ3v) is 7.54. The normalized spacial score (nSPS) is 14.2. The molecule has 0 unspecified atom stereocenters. The summed E-state index contributed by atoms with van der Waals surface area (Å²) in [5.74, 6) is 3.65. The van der Waals surface area contributed by atoms with Crippen molar-refractivity contribution >= 4 is 28.0 Å². The van der Waals surface area contributed by atoms with Gasteiger partial charge in [-0.15, -0.1) is 0 Å². The van der Waals surface area contributed by atoms with Gasteiger partial charge in [-0.2, -0.15) is 0 Å². The summed E-state index contributed by atoms with van der Waals surface area (Å²) in [7, 11) is 0.457. The van der Waals surface area contributed by atoms with Gasteiger partial charge in [-0.1, -0.05) is 25.1 Å². The zero-order chi connectivity index (χ0) is 19.2. The maximum absolute atomic E-state index is 5.76. The second-order valence-corrected chi connectivity index (χ2v) is 9.39. The third-order valence-electron chi connectivity index (χ3n) is 5.04. The molecule has 1 heterocycles. The minimum absolute atomic E-state index is 0.457. The summed E-state index contributed by atoms with van der Waals surface area (Å²) in [4.78, 5) is 3.82. The Balaban J connectivity index is 1.64. The highest BCUT2D eigenvalue weighted by Gasteiger charge is 2.26. The summed E-state index contributed by atoms with van der Waals surface area (Å²) in [5.41, 5.74) is 3.51. The standard InChI is InChI=1S/C25H28NOS/c1-2-18-27-24-14-10-22(11-15-24)26(21-8-4-3-5-9-21)23-12-16-25(17-13-23)28-19-6-7-20-28/h3-5,8-17H,2,6-7,18-20H2,1H3/q+1. The fourth-order valence-electron chi connectivity index (χ4n) is 3.61. The molecule has 0 N–H and O–H groups in total. The molecule has 144 valence electrons. The van der Waals surface area contributed by atoms with Crippen LogP contribution in [-0.4, -0.2) is 18.1 Å². The first-order chi connectivity index (χ1) is 13.8. The molecule has 1 aliphatic heterocycles. The summed E-state index contributed by atoms with van der Waals surface area (Å²) in [6, 6.07) is 28.2. The first-order valence-corrected chi connectivity index (χ1v) is 11.8. The quantitative estimate of drug-likeness (QED) is 0.415. The molecule has 0 spiro atoms. The lowest BCUT2D eigenvalue weighted by Gasteiger charge is -2.25. The average Bonchev–Trinajstić information content (AvgIpc) is 3.30. The van der Waals surface area contributed by atoms with Crippen LogP contribution in [0.25, 0.3) is 0 Å². The number of rotatable bonds is 7. The Bertz CT molecular complexity index is 855. The maximum atomic E-state index is 5.76. The average molecular weight is 391 g/mol. The van der Waals surface area contributed by atoms with E-state index in [0.29, 0.717) is 10.9 Å². The smallest absolute Gasteiger partial charge is 0.155 e. The van der Waals surface area contributed by atoms with E-state index in [9.17, 15) is 0 Å². The van der Waals surface area contributed by atoms with Gasteiger partial charge in [0.2, 0.25) is 0 Å². The van der Waals surface area contributed by atoms with Crippen LogP contribution in [0.1, 0.15) is 26.2 Å². The highest BCUT2D eigenvalue weighted by molar-refractivity contribution is 7.97. The summed E-state index contributed by atoms with van der Waals surface area (Å²) in [5, 5.41) is 0. The molecule has 1 aliphatic rings. The van der Waals surface area contributed by atoms with Gasteiger partial charge >= 0.3 is 0 Å². The molecule has 0 bridgehead atoms. The number of para-hydroxylation sites is 1. The lowest BCUT2D eigenvalue weighted by atomic mass is 10.2. The van der Waals surface area contributed by atoms with Crippen molar-refractivity contribution in [3.8, 4) is 5.75 Å². The van der Waals surface area contributed by atoms with E-state index in [1.165, 1.54) is 40.6 Å². The first kappa shape index (κ1) is 18.9. The van der Waals surface area contributed by atoms with Crippen molar-refractivity contribution in [1.82, 2.24) is 0 Å². The molecule has 0 saturated carbocycles. The number of ether oxygens (including phenoxy) is 1. The third kappa shape index (κ3) is 4.36. The minimum atomic E-state index is 0.457. The topological polar surface area (TPSA) is 12.5 Å². The Morgan fingerprint density at radius 2 is 1.32 bits per heavy atom. The molecule has 3 aromatic carbocycles. The van der Waals surface area contributed by atoms with Gasteiger partial charge in [-0.05, 0) is 79.9 Å². The molecule has 1 fully saturated rings. The minimum Gasteiger partial charge on any atom is -0.494 e.